The van der Waals surface area contributed by atoms with Gasteiger partial charge in [0.2, 0.25) is 0 Å². The summed E-state index contributed by atoms with van der Waals surface area (Å²) in [5, 5.41) is 3.97. The summed E-state index contributed by atoms with van der Waals surface area (Å²) in [4.78, 5) is 0. The van der Waals surface area contributed by atoms with Gasteiger partial charge in [-0.05, 0) is 38.6 Å². The molecule has 0 amide bonds. The van der Waals surface area contributed by atoms with Crippen molar-refractivity contribution in [3.63, 3.8) is 0 Å². The van der Waals surface area contributed by atoms with Crippen LogP contribution in [0.3, 0.4) is 0 Å². The van der Waals surface area contributed by atoms with Crippen molar-refractivity contribution in [3.8, 4) is 11.5 Å². The van der Waals surface area contributed by atoms with Gasteiger partial charge in [-0.2, -0.15) is 11.8 Å². The lowest BCUT2D eigenvalue weighted by Crippen LogP contribution is -2.22. The van der Waals surface area contributed by atoms with Gasteiger partial charge < -0.3 is 19.5 Å². The highest BCUT2D eigenvalue weighted by Crippen LogP contribution is 2.34. The van der Waals surface area contributed by atoms with Crippen LogP contribution in [0.2, 0.25) is 0 Å². The van der Waals surface area contributed by atoms with E-state index < -0.39 is 0 Å². The number of benzene rings is 1. The zero-order valence-corrected chi connectivity index (χ0v) is 14.0. The van der Waals surface area contributed by atoms with Crippen LogP contribution in [-0.2, 0) is 4.74 Å². The fourth-order valence-corrected chi connectivity index (χ4v) is 3.99. The lowest BCUT2D eigenvalue weighted by molar-refractivity contribution is 0.127. The van der Waals surface area contributed by atoms with E-state index in [4.69, 9.17) is 14.2 Å². The molecule has 4 nitrogen and oxygen atoms in total. The van der Waals surface area contributed by atoms with E-state index >= 15 is 0 Å². The Labute approximate surface area is 131 Å². The minimum Gasteiger partial charge on any atom is -0.497 e. The Kier molecular flexibility index (Phi) is 6.21. The van der Waals surface area contributed by atoms with Crippen molar-refractivity contribution in [2.45, 2.75) is 30.7 Å². The lowest BCUT2D eigenvalue weighted by Gasteiger charge is -2.22. The summed E-state index contributed by atoms with van der Waals surface area (Å²) in [6, 6.07) is 6.17. The lowest BCUT2D eigenvalue weighted by atomic mass is 10.1. The molecule has 1 aliphatic heterocycles. The number of rotatable bonds is 7. The van der Waals surface area contributed by atoms with Crippen LogP contribution in [0.1, 0.15) is 24.9 Å². The third-order valence-electron chi connectivity index (χ3n) is 3.94. The molecule has 21 heavy (non-hydrogen) atoms. The fraction of sp³-hybridized carbons (Fsp3) is 0.625. The van der Waals surface area contributed by atoms with Crippen molar-refractivity contribution in [1.82, 2.24) is 5.32 Å². The predicted octanol–water partition coefficient (Wildman–Crippen LogP) is 2.87. The summed E-state index contributed by atoms with van der Waals surface area (Å²) in [6.45, 7) is 3.04. The number of methoxy groups -OCH3 is 2. The molecule has 1 aromatic rings. The highest BCUT2D eigenvalue weighted by molar-refractivity contribution is 8.00. The quantitative estimate of drug-likeness (QED) is 0.838. The predicted molar refractivity (Wildman–Crippen MR) is 87.6 cm³/mol. The number of hydrogen-bond donors (Lipinski definition) is 1. The van der Waals surface area contributed by atoms with Crippen LogP contribution in [0.15, 0.2) is 18.2 Å². The highest BCUT2D eigenvalue weighted by Gasteiger charge is 2.26. The molecule has 1 aromatic carbocycles. The first-order chi connectivity index (χ1) is 10.2. The van der Waals surface area contributed by atoms with E-state index in [1.54, 1.807) is 14.2 Å². The van der Waals surface area contributed by atoms with Crippen molar-refractivity contribution in [2.24, 2.45) is 0 Å². The van der Waals surface area contributed by atoms with E-state index in [1.807, 2.05) is 30.9 Å². The molecule has 0 aromatic heterocycles. The second-order valence-corrected chi connectivity index (χ2v) is 6.46. The summed E-state index contributed by atoms with van der Waals surface area (Å²) < 4.78 is 16.5. The maximum atomic E-state index is 5.63. The summed E-state index contributed by atoms with van der Waals surface area (Å²) in [6.07, 6.45) is 1.48. The van der Waals surface area contributed by atoms with Crippen LogP contribution in [0.5, 0.6) is 11.5 Å². The van der Waals surface area contributed by atoms with Gasteiger partial charge in [0.05, 0.1) is 20.3 Å². The van der Waals surface area contributed by atoms with Gasteiger partial charge in [0, 0.05) is 29.2 Å². The largest absolute Gasteiger partial charge is 0.497 e. The van der Waals surface area contributed by atoms with Crippen molar-refractivity contribution in [1.29, 1.82) is 0 Å². The molecular formula is C16H25NO3S. The smallest absolute Gasteiger partial charge is 0.123 e. The van der Waals surface area contributed by atoms with Crippen LogP contribution in [0.25, 0.3) is 0 Å². The zero-order chi connectivity index (χ0) is 15.2. The van der Waals surface area contributed by atoms with Crippen LogP contribution in [0.4, 0.5) is 0 Å². The van der Waals surface area contributed by atoms with Gasteiger partial charge in [-0.15, -0.1) is 0 Å². The van der Waals surface area contributed by atoms with Gasteiger partial charge in [0.25, 0.3) is 0 Å². The number of thioether (sulfide) groups is 1. The standard InChI is InChI=1S/C16H25NO3S/c1-11-16(7-8-20-11)21-10-14(17-2)13-9-12(18-3)5-6-15(13)19-4/h5-6,9,11,14,16-17H,7-8,10H2,1-4H3. The van der Waals surface area contributed by atoms with Gasteiger partial charge in [-0.1, -0.05) is 0 Å². The minimum atomic E-state index is 0.229. The third-order valence-corrected chi connectivity index (χ3v) is 5.52. The summed E-state index contributed by atoms with van der Waals surface area (Å²) in [5.74, 6) is 2.73. The molecule has 1 saturated heterocycles. The Bertz CT molecular complexity index is 455. The Morgan fingerprint density at radius 1 is 1.38 bits per heavy atom. The Balaban J connectivity index is 2.08. The van der Waals surface area contributed by atoms with Crippen molar-refractivity contribution in [2.75, 3.05) is 33.6 Å². The molecule has 3 unspecified atom stereocenters. The van der Waals surface area contributed by atoms with Gasteiger partial charge in [0.15, 0.2) is 0 Å². The second kappa shape index (κ2) is 7.92. The molecule has 0 spiro atoms. The highest BCUT2D eigenvalue weighted by atomic mass is 32.2. The van der Waals surface area contributed by atoms with Crippen molar-refractivity contribution < 1.29 is 14.2 Å². The molecular weight excluding hydrogens is 286 g/mol. The van der Waals surface area contributed by atoms with Gasteiger partial charge >= 0.3 is 0 Å². The average Bonchev–Trinajstić information content (AvgIpc) is 2.93. The van der Waals surface area contributed by atoms with E-state index in [9.17, 15) is 0 Å². The second-order valence-electron chi connectivity index (χ2n) is 5.19. The monoisotopic (exact) mass is 311 g/mol. The molecule has 5 heteroatoms. The maximum absolute atomic E-state index is 5.63. The van der Waals surface area contributed by atoms with Gasteiger partial charge in [0.1, 0.15) is 11.5 Å². The third kappa shape index (κ3) is 4.05. The summed E-state index contributed by atoms with van der Waals surface area (Å²) in [7, 11) is 5.38. The maximum Gasteiger partial charge on any atom is 0.123 e. The molecule has 1 aliphatic rings. The molecule has 0 bridgehead atoms. The molecule has 0 aliphatic carbocycles. The van der Waals surface area contributed by atoms with Crippen molar-refractivity contribution in [3.05, 3.63) is 23.8 Å². The molecule has 2 rings (SSSR count). The van der Waals surface area contributed by atoms with Gasteiger partial charge in [-0.25, -0.2) is 0 Å². The van der Waals surface area contributed by atoms with E-state index in [-0.39, 0.29) is 6.04 Å². The molecule has 1 fully saturated rings. The average molecular weight is 311 g/mol. The zero-order valence-electron chi connectivity index (χ0n) is 13.2. The summed E-state index contributed by atoms with van der Waals surface area (Å²) >= 11 is 1.97. The van der Waals surface area contributed by atoms with Crippen LogP contribution >= 0.6 is 11.8 Å². The van der Waals surface area contributed by atoms with Gasteiger partial charge in [-0.3, -0.25) is 0 Å². The number of hydrogen-bond acceptors (Lipinski definition) is 5. The van der Waals surface area contributed by atoms with E-state index in [2.05, 4.69) is 18.3 Å². The molecule has 1 N–H and O–H groups in total. The first-order valence-electron chi connectivity index (χ1n) is 7.32. The first-order valence-corrected chi connectivity index (χ1v) is 8.36. The topological polar surface area (TPSA) is 39.7 Å². The van der Waals surface area contributed by atoms with Crippen molar-refractivity contribution >= 4 is 11.8 Å². The van der Waals surface area contributed by atoms with Crippen LogP contribution in [0, 0.1) is 0 Å². The minimum absolute atomic E-state index is 0.229. The fourth-order valence-electron chi connectivity index (χ4n) is 2.59. The molecule has 0 saturated carbocycles. The van der Waals surface area contributed by atoms with E-state index in [0.29, 0.717) is 11.4 Å². The molecule has 1 heterocycles. The normalized spacial score (nSPS) is 23.0. The summed E-state index contributed by atoms with van der Waals surface area (Å²) in [5.41, 5.74) is 1.14. The number of nitrogens with one attached hydrogen (secondary N) is 1. The van der Waals surface area contributed by atoms with E-state index in [0.717, 1.165) is 35.8 Å². The van der Waals surface area contributed by atoms with Crippen LogP contribution in [-0.4, -0.2) is 45.0 Å². The SMILES string of the molecule is CNC(CSC1CCOC1C)c1cc(OC)ccc1OC. The Morgan fingerprint density at radius 3 is 2.76 bits per heavy atom. The molecule has 0 radical (unpaired) electrons. The molecule has 118 valence electrons. The van der Waals surface area contributed by atoms with E-state index in [1.165, 1.54) is 0 Å². The number of ether oxygens (including phenoxy) is 3. The Hall–Kier alpha value is -0.910. The van der Waals surface area contributed by atoms with Crippen LogP contribution < -0.4 is 14.8 Å². The first kappa shape index (κ1) is 16.5. The Morgan fingerprint density at radius 2 is 2.19 bits per heavy atom. The molecule has 3 atom stereocenters.